The number of methoxy groups -OCH3 is 1. The maximum atomic E-state index is 12.4. The van der Waals surface area contributed by atoms with Crippen LogP contribution in [0.15, 0.2) is 29.5 Å². The number of hydrogen-bond acceptors (Lipinski definition) is 5. The van der Waals surface area contributed by atoms with E-state index in [1.165, 1.54) is 0 Å². The summed E-state index contributed by atoms with van der Waals surface area (Å²) >= 11 is 5.26. The molecule has 0 aromatic heterocycles. The van der Waals surface area contributed by atoms with Crippen molar-refractivity contribution in [2.45, 2.75) is 33.4 Å². The van der Waals surface area contributed by atoms with Gasteiger partial charge in [0.25, 0.3) is 0 Å². The van der Waals surface area contributed by atoms with Crippen LogP contribution < -0.4 is 15.4 Å². The van der Waals surface area contributed by atoms with Crippen LogP contribution in [0.5, 0.6) is 5.75 Å². The minimum absolute atomic E-state index is 0.310. The number of carbonyl (C=O) groups is 1. The molecule has 1 aromatic rings. The van der Waals surface area contributed by atoms with Crippen molar-refractivity contribution in [2.75, 3.05) is 20.3 Å². The van der Waals surface area contributed by atoms with E-state index in [1.807, 2.05) is 32.0 Å². The Hall–Kier alpha value is -2.12. The summed E-state index contributed by atoms with van der Waals surface area (Å²) in [5.41, 5.74) is 3.01. The van der Waals surface area contributed by atoms with Gasteiger partial charge in [-0.1, -0.05) is 6.07 Å². The lowest BCUT2D eigenvalue weighted by atomic mass is 9.94. The number of ether oxygens (including phenoxy) is 3. The molecule has 0 aliphatic carbocycles. The smallest absolute Gasteiger partial charge is 0.338 e. The van der Waals surface area contributed by atoms with Gasteiger partial charge in [0.05, 0.1) is 31.9 Å². The van der Waals surface area contributed by atoms with Gasteiger partial charge in [-0.3, -0.25) is 0 Å². The van der Waals surface area contributed by atoms with Crippen LogP contribution in [0.2, 0.25) is 0 Å². The maximum absolute atomic E-state index is 12.4. The van der Waals surface area contributed by atoms with Crippen LogP contribution in [0.4, 0.5) is 0 Å². The molecule has 6 nitrogen and oxygen atoms in total. The topological polar surface area (TPSA) is 68.8 Å². The quantitative estimate of drug-likeness (QED) is 0.569. The molecule has 1 atom stereocenters. The third-order valence-electron chi connectivity index (χ3n) is 3.86. The Balaban J connectivity index is 2.44. The van der Waals surface area contributed by atoms with Gasteiger partial charge in [0.15, 0.2) is 5.11 Å². The molecule has 7 heteroatoms. The number of carbonyl (C=O) groups excluding carboxylic acids is 1. The van der Waals surface area contributed by atoms with Crippen molar-refractivity contribution in [2.24, 2.45) is 0 Å². The molecule has 0 fully saturated rings. The lowest BCUT2D eigenvalue weighted by molar-refractivity contribution is -0.139. The van der Waals surface area contributed by atoms with Crippen molar-refractivity contribution in [3.8, 4) is 5.75 Å². The molecule has 2 N–H and O–H groups in total. The Morgan fingerprint density at radius 3 is 2.68 bits per heavy atom. The van der Waals surface area contributed by atoms with E-state index in [0.29, 0.717) is 36.2 Å². The van der Waals surface area contributed by atoms with Crippen LogP contribution in [-0.2, 0) is 20.9 Å². The van der Waals surface area contributed by atoms with Crippen LogP contribution >= 0.6 is 12.2 Å². The predicted molar refractivity (Wildman–Crippen MR) is 99.3 cm³/mol. The first-order chi connectivity index (χ1) is 12.0. The Labute approximate surface area is 153 Å². The summed E-state index contributed by atoms with van der Waals surface area (Å²) < 4.78 is 16.1. The summed E-state index contributed by atoms with van der Waals surface area (Å²) in [5.74, 6) is 0.377. The molecule has 0 bridgehead atoms. The number of nitrogens with one attached hydrogen (secondary N) is 2. The van der Waals surface area contributed by atoms with E-state index in [9.17, 15) is 4.79 Å². The molecule has 1 aliphatic heterocycles. The predicted octanol–water partition coefficient (Wildman–Crippen LogP) is 2.59. The second-order valence-electron chi connectivity index (χ2n) is 5.50. The zero-order chi connectivity index (χ0) is 18.4. The molecule has 2 rings (SSSR count). The van der Waals surface area contributed by atoms with Gasteiger partial charge >= 0.3 is 5.97 Å². The van der Waals surface area contributed by atoms with Crippen LogP contribution in [0, 0.1) is 0 Å². The van der Waals surface area contributed by atoms with Crippen molar-refractivity contribution < 1.29 is 19.0 Å². The van der Waals surface area contributed by atoms with Crippen LogP contribution in [0.1, 0.15) is 37.9 Å². The van der Waals surface area contributed by atoms with Crippen LogP contribution in [0.3, 0.4) is 0 Å². The molecule has 0 saturated heterocycles. The van der Waals surface area contributed by atoms with Gasteiger partial charge in [0.2, 0.25) is 0 Å². The van der Waals surface area contributed by atoms with E-state index in [-0.39, 0.29) is 12.0 Å². The molecule has 1 aromatic carbocycles. The van der Waals surface area contributed by atoms with Gasteiger partial charge in [0.1, 0.15) is 5.75 Å². The number of allylic oxidation sites excluding steroid dienone is 1. The Kier molecular flexibility index (Phi) is 6.78. The molecule has 136 valence electrons. The third-order valence-corrected chi connectivity index (χ3v) is 4.08. The van der Waals surface area contributed by atoms with E-state index in [2.05, 4.69) is 10.6 Å². The van der Waals surface area contributed by atoms with Gasteiger partial charge in [0, 0.05) is 17.9 Å². The van der Waals surface area contributed by atoms with E-state index < -0.39 is 0 Å². The fraction of sp³-hybridized carbons (Fsp3) is 0.444. The summed E-state index contributed by atoms with van der Waals surface area (Å²) in [6.45, 7) is 6.89. The molecule has 0 spiro atoms. The zero-order valence-electron chi connectivity index (χ0n) is 15.0. The third kappa shape index (κ3) is 4.49. The number of esters is 1. The highest BCUT2D eigenvalue weighted by Gasteiger charge is 2.31. The molecular weight excluding hydrogens is 340 g/mol. The number of hydrogen-bond donors (Lipinski definition) is 2. The second-order valence-corrected chi connectivity index (χ2v) is 5.91. The highest BCUT2D eigenvalue weighted by molar-refractivity contribution is 7.80. The molecular formula is C18H24N2O4S. The first-order valence-corrected chi connectivity index (χ1v) is 8.62. The molecule has 1 unspecified atom stereocenters. The first kappa shape index (κ1) is 19.2. The van der Waals surface area contributed by atoms with E-state index in [4.69, 9.17) is 26.4 Å². The second kappa shape index (κ2) is 8.82. The fourth-order valence-electron chi connectivity index (χ4n) is 2.73. The monoisotopic (exact) mass is 364 g/mol. The maximum Gasteiger partial charge on any atom is 0.338 e. The fourth-order valence-corrected chi connectivity index (χ4v) is 3.00. The lowest BCUT2D eigenvalue weighted by Crippen LogP contribution is -2.45. The highest BCUT2D eigenvalue weighted by Crippen LogP contribution is 2.31. The minimum Gasteiger partial charge on any atom is -0.496 e. The molecule has 1 aliphatic rings. The van der Waals surface area contributed by atoms with E-state index >= 15 is 0 Å². The Morgan fingerprint density at radius 2 is 2.04 bits per heavy atom. The summed E-state index contributed by atoms with van der Waals surface area (Å²) in [6.07, 6.45) is 0. The first-order valence-electron chi connectivity index (χ1n) is 8.21. The largest absolute Gasteiger partial charge is 0.496 e. The van der Waals surface area contributed by atoms with Crippen molar-refractivity contribution in [1.82, 2.24) is 10.6 Å². The van der Waals surface area contributed by atoms with Crippen molar-refractivity contribution in [1.29, 1.82) is 0 Å². The summed E-state index contributed by atoms with van der Waals surface area (Å²) in [4.78, 5) is 12.4. The summed E-state index contributed by atoms with van der Waals surface area (Å²) in [7, 11) is 1.62. The lowest BCUT2D eigenvalue weighted by Gasteiger charge is -2.30. The molecule has 1 heterocycles. The molecule has 0 amide bonds. The van der Waals surface area contributed by atoms with Gasteiger partial charge in [-0.2, -0.15) is 0 Å². The standard InChI is InChI=1S/C18H24N2O4S/c1-5-23-10-13-9-12(7-8-14(13)22-4)16-15(17(21)24-6-2)11(3)19-18(25)20-16/h7-9,16H,5-6,10H2,1-4H3,(H2,19,20,25). The normalized spacial score (nSPS) is 17.0. The SMILES string of the molecule is CCOCc1cc(C2NC(=S)NC(C)=C2C(=O)OCC)ccc1OC. The van der Waals surface area contributed by atoms with Gasteiger partial charge in [-0.15, -0.1) is 0 Å². The number of rotatable bonds is 7. The van der Waals surface area contributed by atoms with Gasteiger partial charge in [-0.05, 0) is 50.7 Å². The van der Waals surface area contributed by atoms with Gasteiger partial charge < -0.3 is 24.8 Å². The Morgan fingerprint density at radius 1 is 1.28 bits per heavy atom. The Bertz CT molecular complexity index is 688. The van der Waals surface area contributed by atoms with Gasteiger partial charge in [-0.25, -0.2) is 4.79 Å². The summed E-state index contributed by atoms with van der Waals surface area (Å²) in [6, 6.07) is 5.35. The van der Waals surface area contributed by atoms with Crippen LogP contribution in [0.25, 0.3) is 0 Å². The minimum atomic E-state index is -0.390. The average Bonchev–Trinajstić information content (AvgIpc) is 2.59. The molecule has 25 heavy (non-hydrogen) atoms. The van der Waals surface area contributed by atoms with E-state index in [0.717, 1.165) is 16.9 Å². The van der Waals surface area contributed by atoms with Crippen molar-refractivity contribution >= 4 is 23.3 Å². The molecule has 0 radical (unpaired) electrons. The highest BCUT2D eigenvalue weighted by atomic mass is 32.1. The number of benzene rings is 1. The van der Waals surface area contributed by atoms with Crippen LogP contribution in [-0.4, -0.2) is 31.4 Å². The van der Waals surface area contributed by atoms with E-state index in [1.54, 1.807) is 14.0 Å². The zero-order valence-corrected chi connectivity index (χ0v) is 15.8. The molecule has 0 saturated carbocycles. The van der Waals surface area contributed by atoms with Crippen molar-refractivity contribution in [3.63, 3.8) is 0 Å². The average molecular weight is 364 g/mol. The number of thiocarbonyl (C=S) groups is 1. The van der Waals surface area contributed by atoms with Crippen molar-refractivity contribution in [3.05, 3.63) is 40.6 Å². The summed E-state index contributed by atoms with van der Waals surface area (Å²) in [5, 5.41) is 6.61.